The molecule has 0 radical (unpaired) electrons. The topological polar surface area (TPSA) is 68.5 Å². The van der Waals surface area contributed by atoms with Crippen molar-refractivity contribution < 1.29 is 9.53 Å². The van der Waals surface area contributed by atoms with Crippen molar-refractivity contribution in [3.8, 4) is 17.0 Å². The maximum atomic E-state index is 12.9. The summed E-state index contributed by atoms with van der Waals surface area (Å²) in [5.74, 6) is 0.306. The summed E-state index contributed by atoms with van der Waals surface area (Å²) in [6.45, 7) is 2.28. The van der Waals surface area contributed by atoms with E-state index in [1.54, 1.807) is 34.8 Å². The van der Waals surface area contributed by atoms with Crippen LogP contribution in [0, 0.1) is 6.92 Å². The molecule has 3 heterocycles. The minimum absolute atomic E-state index is 0.222. The number of rotatable bonds is 6. The van der Waals surface area contributed by atoms with Crippen molar-refractivity contribution in [2.24, 2.45) is 0 Å². The third-order valence-electron chi connectivity index (χ3n) is 4.71. The number of imidazole rings is 1. The quantitative estimate of drug-likeness (QED) is 0.365. The van der Waals surface area contributed by atoms with E-state index in [0.717, 1.165) is 26.9 Å². The summed E-state index contributed by atoms with van der Waals surface area (Å²) in [6.07, 6.45) is 3.98. The minimum Gasteiger partial charge on any atom is -0.486 e. The Morgan fingerprint density at radius 3 is 2.71 bits per heavy atom. The fourth-order valence-corrected chi connectivity index (χ4v) is 4.49. The number of aromatic nitrogens is 3. The maximum Gasteiger partial charge on any atom is 0.259 e. The van der Waals surface area contributed by atoms with Crippen molar-refractivity contribution in [3.05, 3.63) is 87.9 Å². The van der Waals surface area contributed by atoms with E-state index in [9.17, 15) is 4.79 Å². The number of fused-ring (bicyclic) bond motifs is 1. The summed E-state index contributed by atoms with van der Waals surface area (Å²) in [6, 6.07) is 14.9. The molecule has 0 bridgehead atoms. The summed E-state index contributed by atoms with van der Waals surface area (Å²) in [7, 11) is 0. The molecule has 6 nitrogen and oxygen atoms in total. The van der Waals surface area contributed by atoms with Gasteiger partial charge in [-0.15, -0.1) is 22.7 Å². The fourth-order valence-electron chi connectivity index (χ4n) is 3.20. The highest BCUT2D eigenvalue weighted by molar-refractivity contribution is 7.15. The average Bonchev–Trinajstić information content (AvgIpc) is 3.49. The molecule has 0 aliphatic carbocycles. The first kappa shape index (κ1) is 19.5. The monoisotopic (exact) mass is 446 g/mol. The van der Waals surface area contributed by atoms with Gasteiger partial charge in [0.1, 0.15) is 12.4 Å². The Morgan fingerprint density at radius 2 is 1.94 bits per heavy atom. The highest BCUT2D eigenvalue weighted by Gasteiger charge is 2.13. The zero-order chi connectivity index (χ0) is 21.2. The summed E-state index contributed by atoms with van der Waals surface area (Å²) in [4.78, 5) is 22.8. The Labute approximate surface area is 186 Å². The van der Waals surface area contributed by atoms with Crippen LogP contribution in [0.15, 0.2) is 71.7 Å². The number of hydrogen-bond acceptors (Lipinski definition) is 6. The first-order chi connectivity index (χ1) is 15.2. The van der Waals surface area contributed by atoms with E-state index in [1.165, 1.54) is 0 Å². The standard InChI is InChI=1S/C23H18N4O2S2/c1-15-24-18(14-31-15)13-29-21-5-3-2-4-19(21)22(28)25-17-8-6-16(7-9-17)20-12-27-10-11-30-23(27)26-20/h2-12,14H,13H2,1H3,(H,25,28). The van der Waals surface area contributed by atoms with Crippen molar-refractivity contribution in [1.29, 1.82) is 0 Å². The van der Waals surface area contributed by atoms with Gasteiger partial charge < -0.3 is 10.1 Å². The lowest BCUT2D eigenvalue weighted by atomic mass is 10.1. The van der Waals surface area contributed by atoms with Crippen LogP contribution in [0.2, 0.25) is 0 Å². The number of thiazole rings is 2. The predicted octanol–water partition coefficient (Wildman–Crippen LogP) is 5.66. The van der Waals surface area contributed by atoms with Crippen LogP contribution in [0.4, 0.5) is 5.69 Å². The van der Waals surface area contributed by atoms with Gasteiger partial charge in [-0.05, 0) is 31.2 Å². The van der Waals surface area contributed by atoms with Crippen molar-refractivity contribution in [2.45, 2.75) is 13.5 Å². The second-order valence-electron chi connectivity index (χ2n) is 6.89. The molecule has 5 aromatic rings. The number of amides is 1. The molecule has 0 saturated carbocycles. The number of para-hydroxylation sites is 1. The lowest BCUT2D eigenvalue weighted by molar-refractivity contribution is 0.102. The number of aryl methyl sites for hydroxylation is 1. The molecule has 8 heteroatoms. The Hall–Kier alpha value is -3.49. The van der Waals surface area contributed by atoms with Gasteiger partial charge in [0, 0.05) is 34.4 Å². The Kier molecular flexibility index (Phi) is 5.23. The molecule has 154 valence electrons. The molecular formula is C23H18N4O2S2. The molecule has 0 aliphatic heterocycles. The molecular weight excluding hydrogens is 428 g/mol. The van der Waals surface area contributed by atoms with Crippen molar-refractivity contribution >= 4 is 39.2 Å². The van der Waals surface area contributed by atoms with E-state index in [-0.39, 0.29) is 5.91 Å². The molecule has 31 heavy (non-hydrogen) atoms. The summed E-state index contributed by atoms with van der Waals surface area (Å²) in [5, 5.41) is 7.90. The van der Waals surface area contributed by atoms with Gasteiger partial charge in [-0.25, -0.2) is 9.97 Å². The molecule has 0 saturated heterocycles. The van der Waals surface area contributed by atoms with Crippen molar-refractivity contribution in [2.75, 3.05) is 5.32 Å². The van der Waals surface area contributed by atoms with Crippen LogP contribution in [-0.4, -0.2) is 20.3 Å². The molecule has 0 aliphatic rings. The number of benzene rings is 2. The van der Waals surface area contributed by atoms with Crippen LogP contribution < -0.4 is 10.1 Å². The first-order valence-electron chi connectivity index (χ1n) is 9.62. The van der Waals surface area contributed by atoms with Crippen LogP contribution in [0.5, 0.6) is 5.75 Å². The first-order valence-corrected chi connectivity index (χ1v) is 11.4. The number of nitrogens with one attached hydrogen (secondary N) is 1. The minimum atomic E-state index is -0.222. The van der Waals surface area contributed by atoms with Gasteiger partial charge in [0.05, 0.1) is 22.0 Å². The van der Waals surface area contributed by atoms with Crippen LogP contribution in [0.3, 0.4) is 0 Å². The van der Waals surface area contributed by atoms with E-state index < -0.39 is 0 Å². The van der Waals surface area contributed by atoms with Crippen LogP contribution in [0.1, 0.15) is 21.1 Å². The lowest BCUT2D eigenvalue weighted by Gasteiger charge is -2.11. The average molecular weight is 447 g/mol. The van der Waals surface area contributed by atoms with Gasteiger partial charge >= 0.3 is 0 Å². The zero-order valence-corrected chi connectivity index (χ0v) is 18.2. The molecule has 5 rings (SSSR count). The summed E-state index contributed by atoms with van der Waals surface area (Å²) >= 11 is 3.17. The van der Waals surface area contributed by atoms with E-state index in [2.05, 4.69) is 15.3 Å². The largest absolute Gasteiger partial charge is 0.486 e. The summed E-state index contributed by atoms with van der Waals surface area (Å²) in [5.41, 5.74) is 3.94. The SMILES string of the molecule is Cc1nc(COc2ccccc2C(=O)Nc2ccc(-c3cn4ccsc4n3)cc2)cs1. The molecule has 0 unspecified atom stereocenters. The number of anilines is 1. The summed E-state index contributed by atoms with van der Waals surface area (Å²) < 4.78 is 7.87. The van der Waals surface area contributed by atoms with Crippen LogP contribution >= 0.6 is 22.7 Å². The Bertz CT molecular complexity index is 1320. The van der Waals surface area contributed by atoms with Crippen LogP contribution in [-0.2, 0) is 6.61 Å². The van der Waals surface area contributed by atoms with E-state index in [4.69, 9.17) is 4.74 Å². The smallest absolute Gasteiger partial charge is 0.259 e. The van der Waals surface area contributed by atoms with Gasteiger partial charge in [-0.3, -0.25) is 9.20 Å². The zero-order valence-electron chi connectivity index (χ0n) is 16.6. The van der Waals surface area contributed by atoms with Gasteiger partial charge in [0.25, 0.3) is 5.91 Å². The Balaban J connectivity index is 1.29. The number of carbonyl (C=O) groups excluding carboxylic acids is 1. The molecule has 1 N–H and O–H groups in total. The molecule has 0 spiro atoms. The van der Waals surface area contributed by atoms with Gasteiger partial charge in [0.15, 0.2) is 4.96 Å². The maximum absolute atomic E-state index is 12.9. The number of carbonyl (C=O) groups is 1. The number of hydrogen-bond donors (Lipinski definition) is 1. The predicted molar refractivity (Wildman–Crippen MR) is 124 cm³/mol. The molecule has 0 fully saturated rings. The lowest BCUT2D eigenvalue weighted by Crippen LogP contribution is -2.13. The van der Waals surface area contributed by atoms with Crippen LogP contribution in [0.25, 0.3) is 16.2 Å². The second-order valence-corrected chi connectivity index (χ2v) is 8.83. The van der Waals surface area contributed by atoms with Gasteiger partial charge in [-0.2, -0.15) is 0 Å². The highest BCUT2D eigenvalue weighted by Crippen LogP contribution is 2.25. The van der Waals surface area contributed by atoms with Crippen molar-refractivity contribution in [1.82, 2.24) is 14.4 Å². The van der Waals surface area contributed by atoms with E-state index >= 15 is 0 Å². The third-order valence-corrected chi connectivity index (χ3v) is 6.30. The van der Waals surface area contributed by atoms with Gasteiger partial charge in [-0.1, -0.05) is 24.3 Å². The normalized spacial score (nSPS) is 11.0. The highest BCUT2D eigenvalue weighted by atomic mass is 32.1. The van der Waals surface area contributed by atoms with E-state index in [0.29, 0.717) is 23.6 Å². The molecule has 1 amide bonds. The molecule has 0 atom stereocenters. The Morgan fingerprint density at radius 1 is 1.10 bits per heavy atom. The second kappa shape index (κ2) is 8.33. The number of nitrogens with zero attached hydrogens (tertiary/aromatic N) is 3. The molecule has 3 aromatic heterocycles. The van der Waals surface area contributed by atoms with Gasteiger partial charge in [0.2, 0.25) is 0 Å². The fraction of sp³-hybridized carbons (Fsp3) is 0.0870. The molecule has 2 aromatic carbocycles. The van der Waals surface area contributed by atoms with Crippen molar-refractivity contribution in [3.63, 3.8) is 0 Å². The van der Waals surface area contributed by atoms with E-state index in [1.807, 2.05) is 70.9 Å². The third kappa shape index (κ3) is 4.21. The number of ether oxygens (including phenoxy) is 1.